The maximum Gasteiger partial charge on any atom is 0.289 e. The molecule has 0 aliphatic rings. The van der Waals surface area contributed by atoms with Gasteiger partial charge in [-0.15, -0.1) is 0 Å². The van der Waals surface area contributed by atoms with Crippen molar-refractivity contribution in [2.45, 2.75) is 6.54 Å². The third kappa shape index (κ3) is 2.84. The molecule has 2 rings (SSSR count). The molecule has 0 saturated heterocycles. The van der Waals surface area contributed by atoms with E-state index in [1.807, 2.05) is 12.1 Å². The number of benzene rings is 1. The van der Waals surface area contributed by atoms with Gasteiger partial charge in [-0.25, -0.2) is 0 Å². The second kappa shape index (κ2) is 5.14. The Morgan fingerprint density at radius 1 is 1.28 bits per heavy atom. The average Bonchev–Trinajstić information content (AvgIpc) is 2.78. The molecule has 0 unspecified atom stereocenters. The fourth-order valence-electron chi connectivity index (χ4n) is 1.59. The number of hydrogen-bond acceptors (Lipinski definition) is 3. The zero-order chi connectivity index (χ0) is 13.1. The van der Waals surface area contributed by atoms with E-state index in [2.05, 4.69) is 0 Å². The van der Waals surface area contributed by atoms with E-state index in [0.717, 1.165) is 5.56 Å². The first-order valence-corrected chi connectivity index (χ1v) is 5.79. The van der Waals surface area contributed by atoms with Crippen LogP contribution in [0, 0.1) is 0 Å². The summed E-state index contributed by atoms with van der Waals surface area (Å²) in [5, 5.41) is 0.208. The van der Waals surface area contributed by atoms with Crippen LogP contribution in [0.3, 0.4) is 0 Å². The molecular weight excluding hydrogens is 252 g/mol. The fourth-order valence-corrected chi connectivity index (χ4v) is 1.73. The van der Waals surface area contributed by atoms with Gasteiger partial charge in [0.1, 0.15) is 0 Å². The standard InChI is InChI=1S/C13H13ClN2O2/c1-16(8-9-2-4-10(15)5-3-9)13(17)11-6-7-12(14)18-11/h2-7H,8,15H2,1H3. The van der Waals surface area contributed by atoms with Gasteiger partial charge in [-0.1, -0.05) is 12.1 Å². The van der Waals surface area contributed by atoms with Gasteiger partial charge < -0.3 is 15.1 Å². The molecule has 1 heterocycles. The Bertz CT molecular complexity index is 548. The van der Waals surface area contributed by atoms with Gasteiger partial charge in [-0.3, -0.25) is 4.79 Å². The van der Waals surface area contributed by atoms with Gasteiger partial charge in [0, 0.05) is 19.3 Å². The molecule has 0 bridgehead atoms. The molecule has 4 nitrogen and oxygen atoms in total. The summed E-state index contributed by atoms with van der Waals surface area (Å²) in [6.07, 6.45) is 0. The monoisotopic (exact) mass is 264 g/mol. The van der Waals surface area contributed by atoms with Gasteiger partial charge in [0.05, 0.1) is 0 Å². The van der Waals surface area contributed by atoms with Crippen LogP contribution in [-0.2, 0) is 6.54 Å². The van der Waals surface area contributed by atoms with E-state index in [9.17, 15) is 4.79 Å². The predicted octanol–water partition coefficient (Wildman–Crippen LogP) is 2.79. The topological polar surface area (TPSA) is 59.5 Å². The van der Waals surface area contributed by atoms with E-state index in [0.29, 0.717) is 12.2 Å². The number of carbonyl (C=O) groups is 1. The highest BCUT2D eigenvalue weighted by molar-refractivity contribution is 6.29. The minimum absolute atomic E-state index is 0.208. The molecule has 18 heavy (non-hydrogen) atoms. The fraction of sp³-hybridized carbons (Fsp3) is 0.154. The first-order chi connectivity index (χ1) is 8.56. The molecule has 0 radical (unpaired) electrons. The Morgan fingerprint density at radius 3 is 2.50 bits per heavy atom. The number of halogens is 1. The number of rotatable bonds is 3. The molecule has 0 fully saturated rings. The number of anilines is 1. The maximum absolute atomic E-state index is 12.0. The third-order valence-corrected chi connectivity index (χ3v) is 2.73. The number of furan rings is 1. The molecule has 2 aromatic rings. The summed E-state index contributed by atoms with van der Waals surface area (Å²) in [6.45, 7) is 0.484. The number of hydrogen-bond donors (Lipinski definition) is 1. The largest absolute Gasteiger partial charge is 0.440 e. The molecule has 0 spiro atoms. The molecule has 0 saturated carbocycles. The highest BCUT2D eigenvalue weighted by atomic mass is 35.5. The Morgan fingerprint density at radius 2 is 1.94 bits per heavy atom. The summed E-state index contributed by atoms with van der Waals surface area (Å²) in [7, 11) is 1.70. The number of carbonyl (C=O) groups excluding carboxylic acids is 1. The number of nitrogen functional groups attached to an aromatic ring is 1. The summed E-state index contributed by atoms with van der Waals surface area (Å²) in [4.78, 5) is 13.5. The van der Waals surface area contributed by atoms with Crippen LogP contribution in [0.4, 0.5) is 5.69 Å². The molecule has 94 valence electrons. The van der Waals surface area contributed by atoms with Gasteiger partial charge in [-0.05, 0) is 41.4 Å². The Kier molecular flexibility index (Phi) is 3.58. The lowest BCUT2D eigenvalue weighted by Crippen LogP contribution is -2.25. The first kappa shape index (κ1) is 12.5. The van der Waals surface area contributed by atoms with Crippen LogP contribution in [-0.4, -0.2) is 17.9 Å². The lowest BCUT2D eigenvalue weighted by molar-refractivity contribution is 0.0753. The van der Waals surface area contributed by atoms with Crippen molar-refractivity contribution in [3.05, 3.63) is 52.9 Å². The zero-order valence-corrected chi connectivity index (χ0v) is 10.6. The first-order valence-electron chi connectivity index (χ1n) is 5.41. The van der Waals surface area contributed by atoms with Crippen LogP contribution < -0.4 is 5.73 Å². The Hall–Kier alpha value is -1.94. The second-order valence-corrected chi connectivity index (χ2v) is 4.38. The van der Waals surface area contributed by atoms with Gasteiger partial charge in [0.15, 0.2) is 11.0 Å². The van der Waals surface area contributed by atoms with Crippen LogP contribution in [0.15, 0.2) is 40.8 Å². The minimum Gasteiger partial charge on any atom is -0.440 e. The molecule has 0 aliphatic heterocycles. The van der Waals surface area contributed by atoms with Crippen molar-refractivity contribution >= 4 is 23.2 Å². The zero-order valence-electron chi connectivity index (χ0n) is 9.89. The van der Waals surface area contributed by atoms with Crippen molar-refractivity contribution in [3.63, 3.8) is 0 Å². The van der Waals surface area contributed by atoms with E-state index in [1.165, 1.54) is 0 Å². The number of amides is 1. The summed E-state index contributed by atoms with van der Waals surface area (Å²) in [5.74, 6) is 0.0247. The van der Waals surface area contributed by atoms with Crippen LogP contribution in [0.25, 0.3) is 0 Å². The SMILES string of the molecule is CN(Cc1ccc(N)cc1)C(=O)c1ccc(Cl)o1. The summed E-state index contributed by atoms with van der Waals surface area (Å²) < 4.78 is 5.08. The smallest absolute Gasteiger partial charge is 0.289 e. The van der Waals surface area contributed by atoms with E-state index in [1.54, 1.807) is 36.2 Å². The second-order valence-electron chi connectivity index (χ2n) is 4.01. The van der Waals surface area contributed by atoms with Crippen molar-refractivity contribution in [1.82, 2.24) is 4.90 Å². The highest BCUT2D eigenvalue weighted by Gasteiger charge is 2.15. The van der Waals surface area contributed by atoms with Crippen molar-refractivity contribution < 1.29 is 9.21 Å². The summed E-state index contributed by atoms with van der Waals surface area (Å²) in [5.41, 5.74) is 7.30. The lowest BCUT2D eigenvalue weighted by Gasteiger charge is -2.15. The molecule has 2 N–H and O–H groups in total. The normalized spacial score (nSPS) is 10.3. The van der Waals surface area contributed by atoms with Gasteiger partial charge in [-0.2, -0.15) is 0 Å². The van der Waals surface area contributed by atoms with Crippen molar-refractivity contribution in [1.29, 1.82) is 0 Å². The van der Waals surface area contributed by atoms with Gasteiger partial charge in [0.2, 0.25) is 0 Å². The molecule has 0 aliphatic carbocycles. The van der Waals surface area contributed by atoms with E-state index in [-0.39, 0.29) is 16.9 Å². The van der Waals surface area contributed by atoms with Crippen LogP contribution in [0.1, 0.15) is 16.1 Å². The van der Waals surface area contributed by atoms with Crippen LogP contribution >= 0.6 is 11.6 Å². The van der Waals surface area contributed by atoms with Crippen molar-refractivity contribution in [3.8, 4) is 0 Å². The Labute approximate surface area is 110 Å². The minimum atomic E-state index is -0.210. The molecule has 0 atom stereocenters. The predicted molar refractivity (Wildman–Crippen MR) is 70.4 cm³/mol. The van der Waals surface area contributed by atoms with E-state index >= 15 is 0 Å². The molecule has 1 aromatic carbocycles. The van der Waals surface area contributed by atoms with Crippen LogP contribution in [0.5, 0.6) is 0 Å². The highest BCUT2D eigenvalue weighted by Crippen LogP contribution is 2.16. The van der Waals surface area contributed by atoms with E-state index < -0.39 is 0 Å². The van der Waals surface area contributed by atoms with E-state index in [4.69, 9.17) is 21.8 Å². The van der Waals surface area contributed by atoms with Crippen molar-refractivity contribution in [2.24, 2.45) is 0 Å². The molecule has 5 heteroatoms. The molecule has 1 amide bonds. The van der Waals surface area contributed by atoms with Crippen molar-refractivity contribution in [2.75, 3.05) is 12.8 Å². The number of nitrogens with two attached hydrogens (primary N) is 1. The molecular formula is C13H13ClN2O2. The molecule has 1 aromatic heterocycles. The number of nitrogens with zero attached hydrogens (tertiary/aromatic N) is 1. The lowest BCUT2D eigenvalue weighted by atomic mass is 10.2. The Balaban J connectivity index is 2.05. The average molecular weight is 265 g/mol. The summed E-state index contributed by atoms with van der Waals surface area (Å²) >= 11 is 5.64. The third-order valence-electron chi connectivity index (χ3n) is 2.53. The maximum atomic E-state index is 12.0. The quantitative estimate of drug-likeness (QED) is 0.867. The van der Waals surface area contributed by atoms with Crippen LogP contribution in [0.2, 0.25) is 5.22 Å². The van der Waals surface area contributed by atoms with Gasteiger partial charge >= 0.3 is 0 Å². The van der Waals surface area contributed by atoms with Gasteiger partial charge in [0.25, 0.3) is 5.91 Å². The summed E-state index contributed by atoms with van der Waals surface area (Å²) in [6, 6.07) is 10.5.